The first-order valence-electron chi connectivity index (χ1n) is 11.8. The molecular weight excluding hydrogens is 504 g/mol. The van der Waals surface area contributed by atoms with Crippen molar-refractivity contribution in [3.8, 4) is 23.0 Å². The molecule has 0 bridgehead atoms. The van der Waals surface area contributed by atoms with Gasteiger partial charge >= 0.3 is 5.97 Å². The van der Waals surface area contributed by atoms with Gasteiger partial charge in [0.25, 0.3) is 0 Å². The van der Waals surface area contributed by atoms with Gasteiger partial charge in [-0.3, -0.25) is 0 Å². The lowest BCUT2D eigenvalue weighted by Gasteiger charge is -2.39. The molecule has 2 heterocycles. The number of aliphatic hydroxyl groups is 5. The number of benzene rings is 2. The number of aliphatic hydroxyl groups excluding tert-OH is 5. The van der Waals surface area contributed by atoms with Crippen LogP contribution in [0.5, 0.6) is 23.0 Å². The summed E-state index contributed by atoms with van der Waals surface area (Å²) in [5.41, 5.74) is 1.82. The van der Waals surface area contributed by atoms with Crippen LogP contribution in [0.1, 0.15) is 28.7 Å². The van der Waals surface area contributed by atoms with E-state index in [-0.39, 0.29) is 18.1 Å². The normalized spacial score (nSPS) is 28.6. The zero-order valence-corrected chi connectivity index (χ0v) is 20.6. The molecule has 2 aliphatic rings. The molecule has 0 saturated carbocycles. The van der Waals surface area contributed by atoms with Crippen LogP contribution < -0.4 is 18.9 Å². The second-order valence-corrected chi connectivity index (χ2v) is 8.87. The number of rotatable bonds is 9. The van der Waals surface area contributed by atoms with Crippen LogP contribution in [0, 0.1) is 0 Å². The van der Waals surface area contributed by atoms with Gasteiger partial charge in [0.05, 0.1) is 33.4 Å². The summed E-state index contributed by atoms with van der Waals surface area (Å²) in [5, 5.41) is 58.9. The van der Waals surface area contributed by atoms with Crippen molar-refractivity contribution in [1.29, 1.82) is 0 Å². The molecule has 2 aromatic carbocycles. The molecule has 2 aliphatic heterocycles. The number of aliphatic carboxylic acids is 1. The predicted molar refractivity (Wildman–Crippen MR) is 130 cm³/mol. The van der Waals surface area contributed by atoms with Gasteiger partial charge in [-0.1, -0.05) is 6.07 Å². The van der Waals surface area contributed by atoms with Gasteiger partial charge in [0.15, 0.2) is 23.0 Å². The Hall–Kier alpha value is -3.39. The number of carboxylic acids is 1. The Morgan fingerprint density at radius 1 is 0.947 bits per heavy atom. The van der Waals surface area contributed by atoms with E-state index in [9.17, 15) is 30.3 Å². The van der Waals surface area contributed by atoms with Gasteiger partial charge in [-0.05, 0) is 41.5 Å². The predicted octanol–water partition coefficient (Wildman–Crippen LogP) is 0.190. The quantitative estimate of drug-likeness (QED) is 0.240. The van der Waals surface area contributed by atoms with Crippen molar-refractivity contribution in [1.82, 2.24) is 0 Å². The lowest BCUT2D eigenvalue weighted by Crippen LogP contribution is -2.60. The Morgan fingerprint density at radius 2 is 1.68 bits per heavy atom. The van der Waals surface area contributed by atoms with E-state index in [1.165, 1.54) is 26.4 Å². The molecule has 38 heavy (non-hydrogen) atoms. The van der Waals surface area contributed by atoms with Crippen molar-refractivity contribution in [2.24, 2.45) is 0 Å². The van der Waals surface area contributed by atoms with Crippen LogP contribution in [0.15, 0.2) is 36.4 Å². The molecule has 6 N–H and O–H groups in total. The summed E-state index contributed by atoms with van der Waals surface area (Å²) in [7, 11) is 2.86. The zero-order chi connectivity index (χ0) is 27.6. The van der Waals surface area contributed by atoms with Gasteiger partial charge in [0.2, 0.25) is 6.29 Å². The average Bonchev–Trinajstić information content (AvgIpc) is 3.30. The van der Waals surface area contributed by atoms with E-state index in [1.54, 1.807) is 24.3 Å². The second kappa shape index (κ2) is 11.6. The molecule has 4 rings (SSSR count). The maximum Gasteiger partial charge on any atom is 0.328 e. The number of methoxy groups -OCH3 is 2. The smallest absolute Gasteiger partial charge is 0.328 e. The first-order valence-corrected chi connectivity index (χ1v) is 11.8. The van der Waals surface area contributed by atoms with Crippen LogP contribution >= 0.6 is 0 Å². The minimum absolute atomic E-state index is 0.148. The highest BCUT2D eigenvalue weighted by Gasteiger charge is 2.45. The molecule has 12 heteroatoms. The van der Waals surface area contributed by atoms with Crippen LogP contribution in [-0.2, 0) is 9.53 Å². The monoisotopic (exact) mass is 534 g/mol. The molecule has 0 unspecified atom stereocenters. The highest BCUT2D eigenvalue weighted by atomic mass is 16.7. The Kier molecular flexibility index (Phi) is 8.41. The fourth-order valence-electron chi connectivity index (χ4n) is 4.58. The van der Waals surface area contributed by atoms with Crippen LogP contribution in [0.4, 0.5) is 0 Å². The third-order valence-corrected chi connectivity index (χ3v) is 6.56. The Balaban J connectivity index is 1.62. The molecule has 0 radical (unpaired) electrons. The first kappa shape index (κ1) is 27.6. The highest BCUT2D eigenvalue weighted by Crippen LogP contribution is 2.51. The summed E-state index contributed by atoms with van der Waals surface area (Å²) in [6, 6.07) is 8.18. The molecule has 0 spiro atoms. The van der Waals surface area contributed by atoms with Crippen molar-refractivity contribution in [3.63, 3.8) is 0 Å². The van der Waals surface area contributed by atoms with Crippen molar-refractivity contribution in [2.75, 3.05) is 27.4 Å². The van der Waals surface area contributed by atoms with E-state index in [1.807, 2.05) is 0 Å². The zero-order valence-electron chi connectivity index (χ0n) is 20.6. The largest absolute Gasteiger partial charge is 0.493 e. The van der Waals surface area contributed by atoms with Gasteiger partial charge in [0, 0.05) is 11.6 Å². The van der Waals surface area contributed by atoms with E-state index in [2.05, 4.69) is 0 Å². The molecule has 2 aromatic rings. The average molecular weight is 535 g/mol. The molecule has 1 saturated heterocycles. The lowest BCUT2D eigenvalue weighted by atomic mass is 9.90. The van der Waals surface area contributed by atoms with Crippen LogP contribution in [0.25, 0.3) is 6.08 Å². The van der Waals surface area contributed by atoms with Crippen LogP contribution in [-0.4, -0.2) is 94.7 Å². The van der Waals surface area contributed by atoms with E-state index >= 15 is 0 Å². The summed E-state index contributed by atoms with van der Waals surface area (Å²) in [6.45, 7) is -0.876. The van der Waals surface area contributed by atoms with Gasteiger partial charge < -0.3 is 54.3 Å². The number of carboxylic acid groups (broad SMARTS) is 1. The van der Waals surface area contributed by atoms with Crippen molar-refractivity contribution in [3.05, 3.63) is 53.1 Å². The van der Waals surface area contributed by atoms with Gasteiger partial charge in [0.1, 0.15) is 30.5 Å². The maximum absolute atomic E-state index is 11.0. The number of carbonyl (C=O) groups is 1. The van der Waals surface area contributed by atoms with Crippen LogP contribution in [0.3, 0.4) is 0 Å². The van der Waals surface area contributed by atoms with E-state index in [0.29, 0.717) is 28.2 Å². The molecule has 1 fully saturated rings. The molecule has 0 aliphatic carbocycles. The molecule has 7 atom stereocenters. The second-order valence-electron chi connectivity index (χ2n) is 8.87. The topological polar surface area (TPSA) is 185 Å². The molecular formula is C26H30O12. The minimum Gasteiger partial charge on any atom is -0.493 e. The third-order valence-electron chi connectivity index (χ3n) is 6.56. The maximum atomic E-state index is 11.0. The lowest BCUT2D eigenvalue weighted by molar-refractivity contribution is -0.277. The van der Waals surface area contributed by atoms with Gasteiger partial charge in [-0.25, -0.2) is 4.79 Å². The van der Waals surface area contributed by atoms with E-state index < -0.39 is 55.3 Å². The summed E-state index contributed by atoms with van der Waals surface area (Å²) in [6.07, 6.45) is -5.49. The van der Waals surface area contributed by atoms with E-state index in [4.69, 9.17) is 28.8 Å². The Bertz CT molecular complexity index is 1180. The van der Waals surface area contributed by atoms with Crippen molar-refractivity contribution >= 4 is 12.0 Å². The van der Waals surface area contributed by atoms with Crippen molar-refractivity contribution < 1.29 is 59.1 Å². The SMILES string of the molecule is COc1cc([C@@H]2Oc3c(OC)cc(/C=C/C(=O)O)cc3[C@H]2CO)ccc1O[C@@H]1O[C@H](CO)[C@@H](O)[C@H](O)[C@H]1O. The van der Waals surface area contributed by atoms with Crippen LogP contribution in [0.2, 0.25) is 0 Å². The van der Waals surface area contributed by atoms with Gasteiger partial charge in [-0.15, -0.1) is 0 Å². The Morgan fingerprint density at radius 3 is 2.32 bits per heavy atom. The summed E-state index contributed by atoms with van der Waals surface area (Å²) in [5.74, 6) is -0.440. The summed E-state index contributed by atoms with van der Waals surface area (Å²) < 4.78 is 28.2. The summed E-state index contributed by atoms with van der Waals surface area (Å²) >= 11 is 0. The Labute approximate surface area is 217 Å². The first-order chi connectivity index (χ1) is 18.2. The highest BCUT2D eigenvalue weighted by molar-refractivity contribution is 5.85. The number of hydrogen-bond acceptors (Lipinski definition) is 11. The fraction of sp³-hybridized carbons (Fsp3) is 0.423. The molecule has 206 valence electrons. The molecule has 12 nitrogen and oxygen atoms in total. The minimum atomic E-state index is -1.60. The fourth-order valence-corrected chi connectivity index (χ4v) is 4.58. The molecule has 0 amide bonds. The van der Waals surface area contributed by atoms with E-state index in [0.717, 1.165) is 6.08 Å². The molecule has 0 aromatic heterocycles. The number of ether oxygens (including phenoxy) is 5. The third kappa shape index (κ3) is 5.27. The summed E-state index contributed by atoms with van der Waals surface area (Å²) in [4.78, 5) is 11.0. The number of fused-ring (bicyclic) bond motifs is 1. The number of hydrogen-bond donors (Lipinski definition) is 6. The standard InChI is InChI=1S/C26H30O12/c1-34-17-9-13(4-5-16(17)36-26-23(33)22(32)21(31)19(11-28)37-26)24-15(10-27)14-7-12(3-6-20(29)30)8-18(35-2)25(14)38-24/h3-9,15,19,21-24,26-28,31-33H,10-11H2,1-2H3,(H,29,30)/b6-3+/t15-,19-,21-,22+,23-,24+,26-/m1/s1. The van der Waals surface area contributed by atoms with Gasteiger partial charge in [-0.2, -0.15) is 0 Å². The van der Waals surface area contributed by atoms with Crippen molar-refractivity contribution in [2.45, 2.75) is 42.7 Å².